The van der Waals surface area contributed by atoms with Crippen LogP contribution in [0.4, 0.5) is 13.2 Å². The van der Waals surface area contributed by atoms with Gasteiger partial charge in [-0.1, -0.05) is 22.6 Å². The fourth-order valence-corrected chi connectivity index (χ4v) is 1.67. The van der Waals surface area contributed by atoms with E-state index in [0.29, 0.717) is 0 Å². The molecular formula is C9H14F3IN2O3. The molecule has 2 amide bonds. The van der Waals surface area contributed by atoms with Crippen LogP contribution in [0.2, 0.25) is 0 Å². The summed E-state index contributed by atoms with van der Waals surface area (Å²) in [6.07, 6.45) is -4.79. The van der Waals surface area contributed by atoms with Gasteiger partial charge in [0.15, 0.2) is 0 Å². The Balaban J connectivity index is 4.21. The Labute approximate surface area is 116 Å². The van der Waals surface area contributed by atoms with Gasteiger partial charge in [-0.2, -0.15) is 13.2 Å². The zero-order valence-corrected chi connectivity index (χ0v) is 12.0. The topological polar surface area (TPSA) is 58.6 Å². The average molecular weight is 382 g/mol. The van der Waals surface area contributed by atoms with Crippen molar-refractivity contribution in [2.45, 2.75) is 25.1 Å². The number of alkyl halides is 4. The maximum atomic E-state index is 12.0. The number of halogens is 4. The molecule has 0 saturated carbocycles. The molecule has 9 heteroatoms. The molecule has 0 aliphatic heterocycles. The molecule has 0 aromatic rings. The minimum Gasteiger partial charge on any atom is -0.345 e. The van der Waals surface area contributed by atoms with Crippen molar-refractivity contribution in [3.8, 4) is 0 Å². The van der Waals surface area contributed by atoms with E-state index in [9.17, 15) is 22.8 Å². The number of carbonyl (C=O) groups excluding carboxylic acids is 2. The number of nitrogens with one attached hydrogen (secondary N) is 1. The zero-order chi connectivity index (χ0) is 14.3. The first kappa shape index (κ1) is 17.4. The number of rotatable bonds is 6. The highest BCUT2D eigenvalue weighted by atomic mass is 127. The van der Waals surface area contributed by atoms with Crippen LogP contribution in [0.5, 0.6) is 0 Å². The lowest BCUT2D eigenvalue weighted by atomic mass is 10.1. The molecule has 0 unspecified atom stereocenters. The molecule has 0 fully saturated rings. The van der Waals surface area contributed by atoms with Gasteiger partial charge in [-0.25, -0.2) is 5.06 Å². The lowest BCUT2D eigenvalue weighted by Crippen LogP contribution is -2.44. The summed E-state index contributed by atoms with van der Waals surface area (Å²) in [5.74, 6) is -2.36. The first-order valence-corrected chi connectivity index (χ1v) is 6.49. The summed E-state index contributed by atoms with van der Waals surface area (Å²) >= 11 is 1.85. The highest BCUT2D eigenvalue weighted by molar-refractivity contribution is 14.1. The van der Waals surface area contributed by atoms with E-state index in [0.717, 1.165) is 5.06 Å². The van der Waals surface area contributed by atoms with Crippen molar-refractivity contribution in [1.29, 1.82) is 0 Å². The minimum absolute atomic E-state index is 0.00382. The Bertz CT molecular complexity index is 299. The van der Waals surface area contributed by atoms with Crippen LogP contribution in [0.25, 0.3) is 0 Å². The summed E-state index contributed by atoms with van der Waals surface area (Å²) in [7, 11) is 2.70. The number of nitrogens with zero attached hydrogens (tertiary/aromatic N) is 1. The van der Waals surface area contributed by atoms with E-state index in [1.807, 2.05) is 27.9 Å². The van der Waals surface area contributed by atoms with E-state index < -0.39 is 18.1 Å². The SMILES string of the molecule is CON(C)C(=O)CC[C@@H](CI)NC(=O)C(F)(F)F. The van der Waals surface area contributed by atoms with Gasteiger partial charge < -0.3 is 5.32 Å². The molecular weight excluding hydrogens is 368 g/mol. The van der Waals surface area contributed by atoms with Gasteiger partial charge in [0.25, 0.3) is 0 Å². The van der Waals surface area contributed by atoms with E-state index >= 15 is 0 Å². The van der Waals surface area contributed by atoms with Crippen molar-refractivity contribution in [1.82, 2.24) is 10.4 Å². The molecule has 0 rings (SSSR count). The lowest BCUT2D eigenvalue weighted by molar-refractivity contribution is -0.174. The van der Waals surface area contributed by atoms with Crippen LogP contribution in [0, 0.1) is 0 Å². The Kier molecular flexibility index (Phi) is 7.52. The van der Waals surface area contributed by atoms with Crippen LogP contribution in [0.15, 0.2) is 0 Å². The van der Waals surface area contributed by atoms with Crippen LogP contribution < -0.4 is 5.32 Å². The molecule has 0 aromatic heterocycles. The minimum atomic E-state index is -4.91. The third-order valence-corrected chi connectivity index (χ3v) is 3.17. The molecule has 0 aliphatic rings. The second kappa shape index (κ2) is 7.77. The summed E-state index contributed by atoms with van der Waals surface area (Å²) < 4.78 is 36.3. The number of amides is 2. The second-order valence-electron chi connectivity index (χ2n) is 3.43. The second-order valence-corrected chi connectivity index (χ2v) is 4.32. The lowest BCUT2D eigenvalue weighted by Gasteiger charge is -2.18. The van der Waals surface area contributed by atoms with Crippen LogP contribution >= 0.6 is 22.6 Å². The van der Waals surface area contributed by atoms with Gasteiger partial charge in [-0.15, -0.1) is 0 Å². The molecule has 5 nitrogen and oxygen atoms in total. The first-order valence-electron chi connectivity index (χ1n) is 4.96. The molecule has 106 valence electrons. The predicted octanol–water partition coefficient (Wildman–Crippen LogP) is 1.27. The van der Waals surface area contributed by atoms with Crippen LogP contribution in [-0.2, 0) is 14.4 Å². The molecule has 0 heterocycles. The van der Waals surface area contributed by atoms with E-state index in [1.54, 1.807) is 0 Å². The van der Waals surface area contributed by atoms with Gasteiger partial charge in [-0.3, -0.25) is 14.4 Å². The van der Waals surface area contributed by atoms with Gasteiger partial charge in [0, 0.05) is 23.9 Å². The molecule has 0 saturated heterocycles. The molecule has 1 N–H and O–H groups in total. The van der Waals surface area contributed by atoms with Crippen molar-refractivity contribution in [2.24, 2.45) is 0 Å². The van der Waals surface area contributed by atoms with Gasteiger partial charge in [0.1, 0.15) is 0 Å². The summed E-state index contributed by atoms with van der Waals surface area (Å²) in [4.78, 5) is 26.7. The van der Waals surface area contributed by atoms with Crippen LogP contribution in [-0.4, -0.2) is 47.7 Å². The van der Waals surface area contributed by atoms with Gasteiger partial charge >= 0.3 is 12.1 Å². The van der Waals surface area contributed by atoms with Gasteiger partial charge in [0.05, 0.1) is 7.11 Å². The Morgan fingerprint density at radius 3 is 2.39 bits per heavy atom. The van der Waals surface area contributed by atoms with Crippen LogP contribution in [0.3, 0.4) is 0 Å². The first-order chi connectivity index (χ1) is 8.22. The monoisotopic (exact) mass is 382 g/mol. The van der Waals surface area contributed by atoms with E-state index in [1.165, 1.54) is 14.2 Å². The summed E-state index contributed by atoms with van der Waals surface area (Å²) in [5, 5.41) is 2.82. The third kappa shape index (κ3) is 6.38. The van der Waals surface area contributed by atoms with Gasteiger partial charge in [0.2, 0.25) is 5.91 Å². The molecule has 0 aliphatic carbocycles. The Morgan fingerprint density at radius 2 is 2.00 bits per heavy atom. The van der Waals surface area contributed by atoms with Crippen LogP contribution in [0.1, 0.15) is 12.8 Å². The van der Waals surface area contributed by atoms with Crippen molar-refractivity contribution in [3.63, 3.8) is 0 Å². The number of carbonyl (C=O) groups is 2. The van der Waals surface area contributed by atoms with Crippen molar-refractivity contribution >= 4 is 34.4 Å². The zero-order valence-electron chi connectivity index (χ0n) is 9.88. The van der Waals surface area contributed by atoms with Gasteiger partial charge in [-0.05, 0) is 6.42 Å². The smallest absolute Gasteiger partial charge is 0.345 e. The number of hydrogen-bond donors (Lipinski definition) is 1. The van der Waals surface area contributed by atoms with E-state index in [4.69, 9.17) is 0 Å². The fraction of sp³-hybridized carbons (Fsp3) is 0.778. The third-order valence-electron chi connectivity index (χ3n) is 2.11. The molecule has 0 bridgehead atoms. The van der Waals surface area contributed by atoms with Crippen molar-refractivity contribution < 1.29 is 27.6 Å². The van der Waals surface area contributed by atoms with E-state index in [-0.39, 0.29) is 23.2 Å². The maximum Gasteiger partial charge on any atom is 0.471 e. The number of hydrogen-bond acceptors (Lipinski definition) is 3. The van der Waals surface area contributed by atoms with Crippen molar-refractivity contribution in [3.05, 3.63) is 0 Å². The highest BCUT2D eigenvalue weighted by Gasteiger charge is 2.39. The predicted molar refractivity (Wildman–Crippen MR) is 65.9 cm³/mol. The largest absolute Gasteiger partial charge is 0.471 e. The van der Waals surface area contributed by atoms with Crippen molar-refractivity contribution in [2.75, 3.05) is 18.6 Å². The standard InChI is InChI=1S/C9H14F3IN2O3/c1-15(18-2)7(16)4-3-6(5-13)14-8(17)9(10,11)12/h6H,3-5H2,1-2H3,(H,14,17)/t6-/m0/s1. The highest BCUT2D eigenvalue weighted by Crippen LogP contribution is 2.15. The molecule has 0 radical (unpaired) electrons. The Morgan fingerprint density at radius 1 is 1.44 bits per heavy atom. The normalized spacial score (nSPS) is 13.0. The fourth-order valence-electron chi connectivity index (χ4n) is 1.01. The summed E-state index contributed by atoms with van der Waals surface area (Å²) in [5.41, 5.74) is 0. The molecule has 18 heavy (non-hydrogen) atoms. The average Bonchev–Trinajstić information content (AvgIpc) is 2.31. The molecule has 0 aromatic carbocycles. The maximum absolute atomic E-state index is 12.0. The quantitative estimate of drug-likeness (QED) is 0.428. The molecule has 0 spiro atoms. The summed E-state index contributed by atoms with van der Waals surface area (Å²) in [6.45, 7) is 0. The summed E-state index contributed by atoms with van der Waals surface area (Å²) in [6, 6.07) is -0.700. The number of hydroxylamine groups is 2. The Hall–Kier alpha value is -0.580. The molecule has 1 atom stereocenters. The van der Waals surface area contributed by atoms with E-state index in [2.05, 4.69) is 4.84 Å².